The molecular weight excluding hydrogens is 237 g/mol. The van der Waals surface area contributed by atoms with Gasteiger partial charge in [-0.2, -0.15) is 0 Å². The molecule has 0 bridgehead atoms. The standard InChI is InChI=1S/C8H5BrFN3/c9-8-12-6-4(7(11)13-8)2-1-3-5(6)10/h1-3H,(H2,11,12,13). The number of hydrogen-bond donors (Lipinski definition) is 1. The van der Waals surface area contributed by atoms with Crippen molar-refractivity contribution in [2.45, 2.75) is 0 Å². The highest BCUT2D eigenvalue weighted by molar-refractivity contribution is 9.10. The van der Waals surface area contributed by atoms with Gasteiger partial charge in [-0.05, 0) is 28.1 Å². The maximum absolute atomic E-state index is 13.2. The minimum Gasteiger partial charge on any atom is -0.383 e. The molecule has 0 aliphatic heterocycles. The number of rotatable bonds is 0. The lowest BCUT2D eigenvalue weighted by Gasteiger charge is -2.01. The lowest BCUT2D eigenvalue weighted by atomic mass is 10.2. The predicted octanol–water partition coefficient (Wildman–Crippen LogP) is 2.11. The molecule has 1 heterocycles. The topological polar surface area (TPSA) is 51.8 Å². The van der Waals surface area contributed by atoms with Crippen LogP contribution >= 0.6 is 15.9 Å². The molecule has 1 aromatic heterocycles. The van der Waals surface area contributed by atoms with Gasteiger partial charge in [0.05, 0.1) is 0 Å². The van der Waals surface area contributed by atoms with Crippen molar-refractivity contribution in [3.8, 4) is 0 Å². The number of anilines is 1. The van der Waals surface area contributed by atoms with Crippen LogP contribution in [0.5, 0.6) is 0 Å². The molecule has 0 unspecified atom stereocenters. The molecule has 1 aromatic carbocycles. The predicted molar refractivity (Wildman–Crippen MR) is 51.6 cm³/mol. The zero-order valence-corrected chi connectivity index (χ0v) is 8.05. The minimum absolute atomic E-state index is 0.238. The van der Waals surface area contributed by atoms with Gasteiger partial charge in [-0.3, -0.25) is 0 Å². The van der Waals surface area contributed by atoms with Gasteiger partial charge in [0.15, 0.2) is 4.73 Å². The van der Waals surface area contributed by atoms with Crippen molar-refractivity contribution < 1.29 is 4.39 Å². The largest absolute Gasteiger partial charge is 0.383 e. The van der Waals surface area contributed by atoms with Crippen LogP contribution in [-0.4, -0.2) is 9.97 Å². The third kappa shape index (κ3) is 1.35. The molecule has 66 valence electrons. The van der Waals surface area contributed by atoms with Gasteiger partial charge in [0.25, 0.3) is 0 Å². The first-order valence-electron chi connectivity index (χ1n) is 3.56. The van der Waals surface area contributed by atoms with E-state index < -0.39 is 5.82 Å². The highest BCUT2D eigenvalue weighted by atomic mass is 79.9. The zero-order valence-electron chi connectivity index (χ0n) is 6.46. The fourth-order valence-electron chi connectivity index (χ4n) is 1.11. The maximum Gasteiger partial charge on any atom is 0.199 e. The SMILES string of the molecule is Nc1nc(Br)nc2c(F)cccc12. The van der Waals surface area contributed by atoms with E-state index in [-0.39, 0.29) is 11.3 Å². The Morgan fingerprint density at radius 2 is 2.08 bits per heavy atom. The van der Waals surface area contributed by atoms with Gasteiger partial charge in [0.2, 0.25) is 0 Å². The summed E-state index contributed by atoms with van der Waals surface area (Å²) >= 11 is 3.05. The average Bonchev–Trinajstić information content (AvgIpc) is 2.07. The summed E-state index contributed by atoms with van der Waals surface area (Å²) < 4.78 is 13.5. The molecule has 0 radical (unpaired) electrons. The maximum atomic E-state index is 13.2. The smallest absolute Gasteiger partial charge is 0.199 e. The Hall–Kier alpha value is -1.23. The number of para-hydroxylation sites is 1. The van der Waals surface area contributed by atoms with E-state index >= 15 is 0 Å². The summed E-state index contributed by atoms with van der Waals surface area (Å²) in [7, 11) is 0. The minimum atomic E-state index is -0.396. The van der Waals surface area contributed by atoms with Gasteiger partial charge in [0.1, 0.15) is 17.2 Å². The third-order valence-electron chi connectivity index (χ3n) is 1.68. The monoisotopic (exact) mass is 241 g/mol. The summed E-state index contributed by atoms with van der Waals surface area (Å²) in [6, 6.07) is 4.59. The van der Waals surface area contributed by atoms with Gasteiger partial charge in [-0.15, -0.1) is 0 Å². The van der Waals surface area contributed by atoms with Crippen LogP contribution in [0.4, 0.5) is 10.2 Å². The summed E-state index contributed by atoms with van der Waals surface area (Å²) in [6.07, 6.45) is 0. The van der Waals surface area contributed by atoms with E-state index in [1.54, 1.807) is 12.1 Å². The lowest BCUT2D eigenvalue weighted by Crippen LogP contribution is -1.96. The van der Waals surface area contributed by atoms with Crippen molar-refractivity contribution in [3.63, 3.8) is 0 Å². The molecule has 0 saturated carbocycles. The average molecular weight is 242 g/mol. The summed E-state index contributed by atoms with van der Waals surface area (Å²) in [5, 5.41) is 0.531. The number of hydrogen-bond acceptors (Lipinski definition) is 3. The van der Waals surface area contributed by atoms with Crippen molar-refractivity contribution in [2.75, 3.05) is 5.73 Å². The van der Waals surface area contributed by atoms with E-state index in [2.05, 4.69) is 25.9 Å². The first-order valence-corrected chi connectivity index (χ1v) is 4.35. The lowest BCUT2D eigenvalue weighted by molar-refractivity contribution is 0.636. The Morgan fingerprint density at radius 1 is 1.31 bits per heavy atom. The molecule has 3 nitrogen and oxygen atoms in total. The normalized spacial score (nSPS) is 10.6. The number of benzene rings is 1. The molecule has 0 atom stereocenters. The van der Waals surface area contributed by atoms with Crippen molar-refractivity contribution in [1.82, 2.24) is 9.97 Å². The van der Waals surface area contributed by atoms with Crippen LogP contribution in [0.2, 0.25) is 0 Å². The highest BCUT2D eigenvalue weighted by Crippen LogP contribution is 2.21. The Kier molecular flexibility index (Phi) is 1.88. The molecule has 2 rings (SSSR count). The molecule has 13 heavy (non-hydrogen) atoms. The van der Waals surface area contributed by atoms with E-state index in [1.807, 2.05) is 0 Å². The first-order chi connectivity index (χ1) is 6.18. The van der Waals surface area contributed by atoms with Crippen LogP contribution in [0.3, 0.4) is 0 Å². The molecule has 2 N–H and O–H groups in total. The summed E-state index contributed by atoms with van der Waals surface area (Å²) in [4.78, 5) is 7.75. The Bertz CT molecular complexity index is 472. The molecule has 0 saturated heterocycles. The van der Waals surface area contributed by atoms with Crippen LogP contribution in [-0.2, 0) is 0 Å². The number of nitrogens with zero attached hydrogens (tertiary/aromatic N) is 2. The second-order valence-electron chi connectivity index (χ2n) is 2.51. The molecule has 0 aliphatic rings. The van der Waals surface area contributed by atoms with Crippen LogP contribution in [0, 0.1) is 5.82 Å². The van der Waals surface area contributed by atoms with E-state index in [0.29, 0.717) is 10.1 Å². The van der Waals surface area contributed by atoms with Crippen LogP contribution in [0.15, 0.2) is 22.9 Å². The molecule has 0 spiro atoms. The highest BCUT2D eigenvalue weighted by Gasteiger charge is 2.06. The Labute approximate surface area is 81.9 Å². The van der Waals surface area contributed by atoms with Crippen molar-refractivity contribution in [2.24, 2.45) is 0 Å². The van der Waals surface area contributed by atoms with E-state index in [1.165, 1.54) is 6.07 Å². The van der Waals surface area contributed by atoms with Gasteiger partial charge in [-0.1, -0.05) is 6.07 Å². The first kappa shape index (κ1) is 8.37. The quantitative estimate of drug-likeness (QED) is 0.720. The van der Waals surface area contributed by atoms with Gasteiger partial charge in [0, 0.05) is 5.39 Å². The molecule has 5 heteroatoms. The summed E-state index contributed by atoms with van der Waals surface area (Å²) in [5.41, 5.74) is 5.82. The fourth-order valence-corrected chi connectivity index (χ4v) is 1.48. The number of fused-ring (bicyclic) bond motifs is 1. The fraction of sp³-hybridized carbons (Fsp3) is 0. The van der Waals surface area contributed by atoms with Crippen LogP contribution in [0.1, 0.15) is 0 Å². The molecule has 0 amide bonds. The van der Waals surface area contributed by atoms with Crippen LogP contribution in [0.25, 0.3) is 10.9 Å². The second kappa shape index (κ2) is 2.92. The van der Waals surface area contributed by atoms with E-state index in [0.717, 1.165) is 0 Å². The Morgan fingerprint density at radius 3 is 2.85 bits per heavy atom. The number of nitrogen functional groups attached to an aromatic ring is 1. The van der Waals surface area contributed by atoms with Crippen molar-refractivity contribution >= 4 is 32.7 Å². The third-order valence-corrected chi connectivity index (χ3v) is 2.03. The molecule has 0 aliphatic carbocycles. The van der Waals surface area contributed by atoms with Gasteiger partial charge in [-0.25, -0.2) is 14.4 Å². The van der Waals surface area contributed by atoms with Crippen molar-refractivity contribution in [3.05, 3.63) is 28.7 Å². The van der Waals surface area contributed by atoms with Crippen LogP contribution < -0.4 is 5.73 Å². The molecule has 2 aromatic rings. The van der Waals surface area contributed by atoms with E-state index in [9.17, 15) is 4.39 Å². The molecule has 0 fully saturated rings. The number of aromatic nitrogens is 2. The summed E-state index contributed by atoms with van der Waals surface area (Å²) in [5.74, 6) is -0.122. The number of halogens is 2. The Balaban J connectivity index is 2.94. The molecular formula is C8H5BrFN3. The number of nitrogens with two attached hydrogens (primary N) is 1. The summed E-state index contributed by atoms with van der Waals surface area (Å²) in [6.45, 7) is 0. The van der Waals surface area contributed by atoms with Gasteiger partial charge < -0.3 is 5.73 Å². The van der Waals surface area contributed by atoms with Gasteiger partial charge >= 0.3 is 0 Å². The van der Waals surface area contributed by atoms with E-state index in [4.69, 9.17) is 5.73 Å². The van der Waals surface area contributed by atoms with Crippen molar-refractivity contribution in [1.29, 1.82) is 0 Å². The zero-order chi connectivity index (χ0) is 9.42. The second-order valence-corrected chi connectivity index (χ2v) is 3.22.